The van der Waals surface area contributed by atoms with E-state index in [1.165, 1.54) is 11.8 Å². The van der Waals surface area contributed by atoms with Crippen LogP contribution < -0.4 is 5.73 Å². The molecule has 0 radical (unpaired) electrons. The summed E-state index contributed by atoms with van der Waals surface area (Å²) in [6.07, 6.45) is 2.96. The first kappa shape index (κ1) is 8.39. The summed E-state index contributed by atoms with van der Waals surface area (Å²) in [5.41, 5.74) is 5.58. The van der Waals surface area contributed by atoms with Crippen LogP contribution >= 0.6 is 11.8 Å². The van der Waals surface area contributed by atoms with Gasteiger partial charge in [-0.05, 0) is 12.7 Å². The molecule has 1 aromatic rings. The zero-order valence-electron chi connectivity index (χ0n) is 6.74. The van der Waals surface area contributed by atoms with Crippen LogP contribution in [0.25, 0.3) is 0 Å². The van der Waals surface area contributed by atoms with Crippen LogP contribution in [0, 0.1) is 0 Å². The molecule has 11 heavy (non-hydrogen) atoms. The molecule has 0 saturated heterocycles. The summed E-state index contributed by atoms with van der Waals surface area (Å²) in [5.74, 6) is 0.510. The fourth-order valence-electron chi connectivity index (χ4n) is 0.795. The van der Waals surface area contributed by atoms with E-state index in [0.29, 0.717) is 5.95 Å². The number of thioether (sulfide) groups is 1. The lowest BCUT2D eigenvalue weighted by Gasteiger charge is -1.96. The van der Waals surface area contributed by atoms with E-state index in [4.69, 9.17) is 5.73 Å². The van der Waals surface area contributed by atoms with Gasteiger partial charge in [0, 0.05) is 6.54 Å². The lowest BCUT2D eigenvalue weighted by Crippen LogP contribution is -2.03. The highest BCUT2D eigenvalue weighted by Gasteiger charge is 2.03. The summed E-state index contributed by atoms with van der Waals surface area (Å²) >= 11 is 1.51. The number of aromatic nitrogens is 3. The molecular formula is C6H12N4S. The molecule has 0 bridgehead atoms. The molecular weight excluding hydrogens is 160 g/mol. The molecule has 1 aromatic heterocycles. The quantitative estimate of drug-likeness (QED) is 0.691. The molecule has 4 nitrogen and oxygen atoms in total. The minimum atomic E-state index is 0.510. The van der Waals surface area contributed by atoms with Gasteiger partial charge in [-0.1, -0.05) is 18.7 Å². The summed E-state index contributed by atoms with van der Waals surface area (Å²) in [6, 6.07) is 0. The van der Waals surface area contributed by atoms with Crippen LogP contribution in [-0.2, 0) is 6.54 Å². The van der Waals surface area contributed by atoms with E-state index in [-0.39, 0.29) is 0 Å². The Hall–Kier alpha value is -0.710. The molecule has 0 atom stereocenters. The average molecular weight is 172 g/mol. The van der Waals surface area contributed by atoms with E-state index in [0.717, 1.165) is 18.1 Å². The van der Waals surface area contributed by atoms with Crippen molar-refractivity contribution < 1.29 is 0 Å². The molecule has 0 fully saturated rings. The maximum Gasteiger partial charge on any atom is 0.219 e. The molecule has 5 heteroatoms. The summed E-state index contributed by atoms with van der Waals surface area (Å²) in [6.45, 7) is 2.93. The van der Waals surface area contributed by atoms with Gasteiger partial charge in [0.1, 0.15) is 0 Å². The zero-order valence-corrected chi connectivity index (χ0v) is 7.56. The Morgan fingerprint density at radius 3 is 2.82 bits per heavy atom. The van der Waals surface area contributed by atoms with Crippen molar-refractivity contribution in [3.63, 3.8) is 0 Å². The third-order valence-electron chi connectivity index (χ3n) is 1.30. The minimum Gasteiger partial charge on any atom is -0.368 e. The molecule has 0 saturated carbocycles. The topological polar surface area (TPSA) is 56.7 Å². The van der Waals surface area contributed by atoms with Gasteiger partial charge >= 0.3 is 0 Å². The number of nitrogen functional groups attached to an aromatic ring is 1. The predicted octanol–water partition coefficient (Wildman–Crippen LogP) is 0.992. The summed E-state index contributed by atoms with van der Waals surface area (Å²) < 4.78 is 1.73. The molecule has 0 aliphatic heterocycles. The Morgan fingerprint density at radius 1 is 1.64 bits per heavy atom. The van der Waals surface area contributed by atoms with Crippen LogP contribution in [0.1, 0.15) is 13.3 Å². The molecule has 62 valence electrons. The Morgan fingerprint density at radius 2 is 2.36 bits per heavy atom. The Kier molecular flexibility index (Phi) is 2.76. The Labute approximate surface area is 70.2 Å². The number of aryl methyl sites for hydroxylation is 1. The first-order chi connectivity index (χ1) is 5.27. The van der Waals surface area contributed by atoms with Crippen molar-refractivity contribution in [3.05, 3.63) is 0 Å². The zero-order chi connectivity index (χ0) is 8.27. The summed E-state index contributed by atoms with van der Waals surface area (Å²) in [5, 5.41) is 4.91. The fraction of sp³-hybridized carbons (Fsp3) is 0.667. The largest absolute Gasteiger partial charge is 0.368 e. The van der Waals surface area contributed by atoms with Crippen molar-refractivity contribution in [2.75, 3.05) is 12.0 Å². The van der Waals surface area contributed by atoms with Gasteiger partial charge < -0.3 is 5.73 Å². The summed E-state index contributed by atoms with van der Waals surface area (Å²) in [4.78, 5) is 4.04. The lowest BCUT2D eigenvalue weighted by molar-refractivity contribution is 0.597. The van der Waals surface area contributed by atoms with Crippen molar-refractivity contribution in [2.45, 2.75) is 25.0 Å². The van der Waals surface area contributed by atoms with E-state index >= 15 is 0 Å². The van der Waals surface area contributed by atoms with Crippen molar-refractivity contribution in [1.29, 1.82) is 0 Å². The molecule has 0 spiro atoms. The monoisotopic (exact) mass is 172 g/mol. The van der Waals surface area contributed by atoms with Crippen LogP contribution in [0.5, 0.6) is 0 Å². The number of hydrogen-bond donors (Lipinski definition) is 1. The van der Waals surface area contributed by atoms with Crippen LogP contribution in [0.2, 0.25) is 0 Å². The SMILES string of the molecule is CCCn1nc(SC)nc1N. The van der Waals surface area contributed by atoms with Crippen LogP contribution in [-0.4, -0.2) is 21.0 Å². The number of nitrogens with zero attached hydrogens (tertiary/aromatic N) is 3. The number of rotatable bonds is 3. The molecule has 1 rings (SSSR count). The highest BCUT2D eigenvalue weighted by atomic mass is 32.2. The van der Waals surface area contributed by atoms with Crippen molar-refractivity contribution >= 4 is 17.7 Å². The van der Waals surface area contributed by atoms with Gasteiger partial charge in [0.25, 0.3) is 0 Å². The molecule has 0 aliphatic carbocycles. The van der Waals surface area contributed by atoms with Gasteiger partial charge in [-0.3, -0.25) is 0 Å². The van der Waals surface area contributed by atoms with Crippen LogP contribution in [0.3, 0.4) is 0 Å². The van der Waals surface area contributed by atoms with Gasteiger partial charge in [0.15, 0.2) is 0 Å². The Bertz CT molecular complexity index is 232. The van der Waals surface area contributed by atoms with E-state index in [1.807, 2.05) is 6.26 Å². The third-order valence-corrected chi connectivity index (χ3v) is 1.84. The second-order valence-electron chi connectivity index (χ2n) is 2.18. The van der Waals surface area contributed by atoms with Crippen molar-refractivity contribution in [3.8, 4) is 0 Å². The second kappa shape index (κ2) is 3.61. The number of nitrogens with two attached hydrogens (primary N) is 1. The van der Waals surface area contributed by atoms with Crippen LogP contribution in [0.4, 0.5) is 5.95 Å². The van der Waals surface area contributed by atoms with Gasteiger partial charge in [-0.15, -0.1) is 5.10 Å². The van der Waals surface area contributed by atoms with Crippen molar-refractivity contribution in [2.24, 2.45) is 0 Å². The van der Waals surface area contributed by atoms with Crippen LogP contribution in [0.15, 0.2) is 5.16 Å². The summed E-state index contributed by atoms with van der Waals surface area (Å²) in [7, 11) is 0. The van der Waals surface area contributed by atoms with E-state index in [2.05, 4.69) is 17.0 Å². The first-order valence-corrected chi connectivity index (χ1v) is 4.74. The molecule has 1 heterocycles. The van der Waals surface area contributed by atoms with Gasteiger partial charge in [-0.2, -0.15) is 4.98 Å². The van der Waals surface area contributed by atoms with E-state index in [9.17, 15) is 0 Å². The highest BCUT2D eigenvalue weighted by molar-refractivity contribution is 7.98. The van der Waals surface area contributed by atoms with Crippen molar-refractivity contribution in [1.82, 2.24) is 14.8 Å². The van der Waals surface area contributed by atoms with Gasteiger partial charge in [0.05, 0.1) is 0 Å². The van der Waals surface area contributed by atoms with Gasteiger partial charge in [0.2, 0.25) is 11.1 Å². The standard InChI is InChI=1S/C6H12N4S/c1-3-4-10-5(7)8-6(9-10)11-2/h3-4H2,1-2H3,(H2,7,8,9). The smallest absolute Gasteiger partial charge is 0.219 e. The number of hydrogen-bond acceptors (Lipinski definition) is 4. The molecule has 0 aliphatic rings. The molecule has 0 amide bonds. The predicted molar refractivity (Wildman–Crippen MR) is 46.5 cm³/mol. The average Bonchev–Trinajstić information content (AvgIpc) is 2.33. The number of anilines is 1. The normalized spacial score (nSPS) is 10.4. The third kappa shape index (κ3) is 1.86. The second-order valence-corrected chi connectivity index (χ2v) is 2.95. The highest BCUT2D eigenvalue weighted by Crippen LogP contribution is 2.10. The fourth-order valence-corrected chi connectivity index (χ4v) is 1.16. The minimum absolute atomic E-state index is 0.510. The molecule has 0 aromatic carbocycles. The van der Waals surface area contributed by atoms with Gasteiger partial charge in [-0.25, -0.2) is 4.68 Å². The first-order valence-electron chi connectivity index (χ1n) is 3.52. The van der Waals surface area contributed by atoms with E-state index in [1.54, 1.807) is 4.68 Å². The molecule has 2 N–H and O–H groups in total. The maximum absolute atomic E-state index is 5.58. The molecule has 0 unspecified atom stereocenters. The van der Waals surface area contributed by atoms with E-state index < -0.39 is 0 Å². The maximum atomic E-state index is 5.58. The Balaban J connectivity index is 2.79. The lowest BCUT2D eigenvalue weighted by atomic mass is 10.5.